The topological polar surface area (TPSA) is 74.2 Å². The fraction of sp³-hybridized carbons (Fsp3) is 0.190. The molecule has 0 saturated carbocycles. The monoisotopic (exact) mass is 417 g/mol. The molecule has 0 fully saturated rings. The van der Waals surface area contributed by atoms with Gasteiger partial charge in [0.05, 0.1) is 17.7 Å². The number of halogens is 2. The number of rotatable bonds is 6. The Morgan fingerprint density at radius 3 is 2.76 bits per heavy atom. The van der Waals surface area contributed by atoms with Gasteiger partial charge in [-0.2, -0.15) is 0 Å². The van der Waals surface area contributed by atoms with E-state index in [1.165, 1.54) is 43.5 Å². The average Bonchev–Trinajstić information content (AvgIpc) is 3.04. The standard InChI is InChI=1S/C21H17ClFNO5/c1-3-6-18(25)28-19-14(22)9-12(11-17(19)27-2)10-16-21(26)29-20(24-16)13-7-4-5-8-15(13)23/h4-5,7-11H,3,6H2,1-2H3/b16-10-. The summed E-state index contributed by atoms with van der Waals surface area (Å²) in [6.45, 7) is 1.85. The zero-order chi connectivity index (χ0) is 21.0. The molecule has 0 aromatic heterocycles. The number of esters is 2. The molecular weight excluding hydrogens is 401 g/mol. The number of ether oxygens (including phenoxy) is 3. The number of aliphatic imine (C=N–C) groups is 1. The first-order valence-corrected chi connectivity index (χ1v) is 9.16. The summed E-state index contributed by atoms with van der Waals surface area (Å²) >= 11 is 6.24. The van der Waals surface area contributed by atoms with Crippen molar-refractivity contribution in [2.24, 2.45) is 4.99 Å². The number of nitrogens with zero attached hydrogens (tertiary/aromatic N) is 1. The Balaban J connectivity index is 1.94. The lowest BCUT2D eigenvalue weighted by Crippen LogP contribution is -2.08. The maximum Gasteiger partial charge on any atom is 0.363 e. The molecule has 6 nitrogen and oxygen atoms in total. The van der Waals surface area contributed by atoms with E-state index in [2.05, 4.69) is 4.99 Å². The summed E-state index contributed by atoms with van der Waals surface area (Å²) in [4.78, 5) is 28.0. The fourth-order valence-corrected chi connectivity index (χ4v) is 2.87. The molecule has 1 aliphatic heterocycles. The summed E-state index contributed by atoms with van der Waals surface area (Å²) in [5.41, 5.74) is 0.516. The molecule has 150 valence electrons. The molecule has 0 saturated heterocycles. The van der Waals surface area contributed by atoms with Crippen molar-refractivity contribution in [2.45, 2.75) is 19.8 Å². The van der Waals surface area contributed by atoms with Gasteiger partial charge in [0.15, 0.2) is 17.2 Å². The van der Waals surface area contributed by atoms with Crippen LogP contribution in [0.15, 0.2) is 47.1 Å². The number of cyclic esters (lactones) is 1. The van der Waals surface area contributed by atoms with Crippen LogP contribution in [0.3, 0.4) is 0 Å². The predicted molar refractivity (Wildman–Crippen MR) is 106 cm³/mol. The molecule has 2 aromatic carbocycles. The van der Waals surface area contributed by atoms with Gasteiger partial charge in [-0.3, -0.25) is 4.79 Å². The van der Waals surface area contributed by atoms with E-state index in [1.807, 2.05) is 6.92 Å². The lowest BCUT2D eigenvalue weighted by molar-refractivity contribution is -0.134. The third kappa shape index (κ3) is 4.63. The summed E-state index contributed by atoms with van der Waals surface area (Å²) in [6.07, 6.45) is 2.29. The number of hydrogen-bond donors (Lipinski definition) is 0. The Bertz CT molecular complexity index is 1030. The van der Waals surface area contributed by atoms with E-state index < -0.39 is 17.8 Å². The fourth-order valence-electron chi connectivity index (χ4n) is 2.61. The van der Waals surface area contributed by atoms with Gasteiger partial charge in [0.1, 0.15) is 5.82 Å². The molecule has 0 bridgehead atoms. The van der Waals surface area contributed by atoms with Gasteiger partial charge in [0, 0.05) is 6.42 Å². The normalized spacial score (nSPS) is 14.6. The van der Waals surface area contributed by atoms with Crippen LogP contribution in [-0.2, 0) is 14.3 Å². The molecule has 8 heteroatoms. The maximum atomic E-state index is 13.9. The van der Waals surface area contributed by atoms with Gasteiger partial charge in [-0.05, 0) is 42.3 Å². The van der Waals surface area contributed by atoms with Gasteiger partial charge in [0.2, 0.25) is 5.90 Å². The van der Waals surface area contributed by atoms with E-state index in [-0.39, 0.29) is 40.1 Å². The quantitative estimate of drug-likeness (QED) is 0.392. The molecule has 0 aliphatic carbocycles. The molecule has 3 rings (SSSR count). The van der Waals surface area contributed by atoms with E-state index >= 15 is 0 Å². The highest BCUT2D eigenvalue weighted by atomic mass is 35.5. The number of carbonyl (C=O) groups excluding carboxylic acids is 2. The van der Waals surface area contributed by atoms with Crippen LogP contribution >= 0.6 is 11.6 Å². The van der Waals surface area contributed by atoms with E-state index in [9.17, 15) is 14.0 Å². The van der Waals surface area contributed by atoms with Crippen molar-refractivity contribution in [3.05, 3.63) is 64.1 Å². The zero-order valence-corrected chi connectivity index (χ0v) is 16.5. The van der Waals surface area contributed by atoms with E-state index in [1.54, 1.807) is 6.07 Å². The number of benzene rings is 2. The molecule has 1 aliphatic rings. The lowest BCUT2D eigenvalue weighted by Gasteiger charge is -2.11. The summed E-state index contributed by atoms with van der Waals surface area (Å²) in [5, 5.41) is 0.130. The smallest absolute Gasteiger partial charge is 0.363 e. The van der Waals surface area contributed by atoms with E-state index in [0.29, 0.717) is 12.0 Å². The number of carbonyl (C=O) groups is 2. The average molecular weight is 418 g/mol. The second kappa shape index (κ2) is 8.87. The Morgan fingerprint density at radius 1 is 1.31 bits per heavy atom. The minimum absolute atomic E-state index is 0.0305. The second-order valence-corrected chi connectivity index (χ2v) is 6.48. The van der Waals surface area contributed by atoms with E-state index in [4.69, 9.17) is 25.8 Å². The molecular formula is C21H17ClFNO5. The molecule has 0 N–H and O–H groups in total. The van der Waals surface area contributed by atoms with Gasteiger partial charge in [-0.25, -0.2) is 14.2 Å². The minimum Gasteiger partial charge on any atom is -0.493 e. The summed E-state index contributed by atoms with van der Waals surface area (Å²) < 4.78 is 29.5. The van der Waals surface area contributed by atoms with Gasteiger partial charge in [0.25, 0.3) is 0 Å². The molecule has 0 amide bonds. The highest BCUT2D eigenvalue weighted by Gasteiger charge is 2.26. The molecule has 0 radical (unpaired) electrons. The van der Waals surface area contributed by atoms with Crippen LogP contribution in [0.1, 0.15) is 30.9 Å². The Morgan fingerprint density at radius 2 is 2.07 bits per heavy atom. The van der Waals surface area contributed by atoms with Crippen LogP contribution in [0.25, 0.3) is 6.08 Å². The Kier molecular flexibility index (Phi) is 6.29. The van der Waals surface area contributed by atoms with Gasteiger partial charge >= 0.3 is 11.9 Å². The molecule has 0 atom stereocenters. The summed E-state index contributed by atoms with van der Waals surface area (Å²) in [7, 11) is 1.40. The van der Waals surface area contributed by atoms with Crippen LogP contribution in [0.2, 0.25) is 5.02 Å². The largest absolute Gasteiger partial charge is 0.493 e. The minimum atomic E-state index is -0.725. The van der Waals surface area contributed by atoms with Crippen LogP contribution in [0.4, 0.5) is 4.39 Å². The van der Waals surface area contributed by atoms with Crippen LogP contribution in [0, 0.1) is 5.82 Å². The third-order valence-corrected chi connectivity index (χ3v) is 4.23. The summed E-state index contributed by atoms with van der Waals surface area (Å²) in [5.74, 6) is -1.52. The highest BCUT2D eigenvalue weighted by Crippen LogP contribution is 2.37. The van der Waals surface area contributed by atoms with Crippen molar-refractivity contribution in [3.63, 3.8) is 0 Å². The summed E-state index contributed by atoms with van der Waals surface area (Å²) in [6, 6.07) is 8.88. The van der Waals surface area contributed by atoms with Crippen molar-refractivity contribution >= 4 is 35.5 Å². The van der Waals surface area contributed by atoms with Crippen LogP contribution in [0.5, 0.6) is 11.5 Å². The van der Waals surface area contributed by atoms with Crippen molar-refractivity contribution < 1.29 is 28.2 Å². The second-order valence-electron chi connectivity index (χ2n) is 6.07. The van der Waals surface area contributed by atoms with E-state index in [0.717, 1.165) is 0 Å². The van der Waals surface area contributed by atoms with Crippen molar-refractivity contribution in [1.29, 1.82) is 0 Å². The Labute approximate surface area is 171 Å². The van der Waals surface area contributed by atoms with Gasteiger partial charge in [-0.15, -0.1) is 0 Å². The first-order valence-electron chi connectivity index (χ1n) is 8.78. The van der Waals surface area contributed by atoms with Crippen LogP contribution in [-0.4, -0.2) is 24.9 Å². The van der Waals surface area contributed by atoms with Crippen molar-refractivity contribution in [3.8, 4) is 11.5 Å². The first kappa shape index (κ1) is 20.5. The maximum absolute atomic E-state index is 13.9. The molecule has 1 heterocycles. The molecule has 29 heavy (non-hydrogen) atoms. The SMILES string of the molecule is CCCC(=O)Oc1c(Cl)cc(/C=C2\N=C(c3ccccc3F)OC2=O)cc1OC. The third-order valence-electron chi connectivity index (χ3n) is 3.95. The molecule has 0 unspecified atom stereocenters. The first-order chi connectivity index (χ1) is 13.9. The Hall–Kier alpha value is -3.19. The predicted octanol–water partition coefficient (Wildman–Crippen LogP) is 4.54. The van der Waals surface area contributed by atoms with Gasteiger partial charge < -0.3 is 14.2 Å². The number of methoxy groups -OCH3 is 1. The van der Waals surface area contributed by atoms with Crippen molar-refractivity contribution in [2.75, 3.05) is 7.11 Å². The molecule has 0 spiro atoms. The van der Waals surface area contributed by atoms with Gasteiger partial charge in [-0.1, -0.05) is 30.7 Å². The lowest BCUT2D eigenvalue weighted by atomic mass is 10.1. The van der Waals surface area contributed by atoms with Crippen molar-refractivity contribution in [1.82, 2.24) is 0 Å². The molecule has 2 aromatic rings. The highest BCUT2D eigenvalue weighted by molar-refractivity contribution is 6.32. The van der Waals surface area contributed by atoms with Crippen LogP contribution < -0.4 is 9.47 Å². The zero-order valence-electron chi connectivity index (χ0n) is 15.7. The number of hydrogen-bond acceptors (Lipinski definition) is 6.